The molecule has 0 heterocycles. The van der Waals surface area contributed by atoms with Crippen molar-refractivity contribution < 1.29 is 9.90 Å². The molecule has 16 heavy (non-hydrogen) atoms. The smallest absolute Gasteiger partial charge is 0.337 e. The summed E-state index contributed by atoms with van der Waals surface area (Å²) in [7, 11) is 0. The van der Waals surface area contributed by atoms with Crippen molar-refractivity contribution in [1.29, 1.82) is 0 Å². The van der Waals surface area contributed by atoms with Gasteiger partial charge in [-0.3, -0.25) is 0 Å². The topological polar surface area (TPSA) is 75.3 Å². The van der Waals surface area contributed by atoms with E-state index in [0.717, 1.165) is 18.5 Å². The lowest BCUT2D eigenvalue weighted by Gasteiger charge is -2.40. The Hall–Kier alpha value is -1.71. The standard InChI is InChI=1S/C12H16N2O2/c1-12(5-2-6-12)14-8-3-4-9(11(15)16)10(13)7-8/h3-4,7,14H,2,5-6,13H2,1H3,(H,15,16). The minimum atomic E-state index is -0.987. The fraction of sp³-hybridized carbons (Fsp3) is 0.417. The van der Waals surface area contributed by atoms with Gasteiger partial charge in [-0.25, -0.2) is 4.79 Å². The van der Waals surface area contributed by atoms with Gasteiger partial charge in [0, 0.05) is 16.9 Å². The van der Waals surface area contributed by atoms with E-state index in [1.165, 1.54) is 6.42 Å². The minimum Gasteiger partial charge on any atom is -0.478 e. The lowest BCUT2D eigenvalue weighted by Crippen LogP contribution is -2.41. The van der Waals surface area contributed by atoms with Gasteiger partial charge in [-0.15, -0.1) is 0 Å². The number of aromatic carboxylic acids is 1. The van der Waals surface area contributed by atoms with Crippen molar-refractivity contribution >= 4 is 17.3 Å². The molecule has 0 spiro atoms. The van der Waals surface area contributed by atoms with Crippen molar-refractivity contribution in [2.24, 2.45) is 0 Å². The predicted octanol–water partition coefficient (Wildman–Crippen LogP) is 2.32. The zero-order chi connectivity index (χ0) is 11.8. The van der Waals surface area contributed by atoms with Crippen molar-refractivity contribution in [2.75, 3.05) is 11.1 Å². The Morgan fingerprint density at radius 2 is 2.19 bits per heavy atom. The lowest BCUT2D eigenvalue weighted by molar-refractivity contribution is 0.0698. The molecule has 0 saturated heterocycles. The quantitative estimate of drug-likeness (QED) is 0.683. The highest BCUT2D eigenvalue weighted by atomic mass is 16.4. The summed E-state index contributed by atoms with van der Waals surface area (Å²) in [6, 6.07) is 5.00. The van der Waals surface area contributed by atoms with Crippen molar-refractivity contribution in [1.82, 2.24) is 0 Å². The second-order valence-electron chi connectivity index (χ2n) is 4.65. The van der Waals surface area contributed by atoms with E-state index in [2.05, 4.69) is 12.2 Å². The summed E-state index contributed by atoms with van der Waals surface area (Å²) in [5, 5.41) is 12.2. The van der Waals surface area contributed by atoms with Gasteiger partial charge in [0.05, 0.1) is 5.56 Å². The monoisotopic (exact) mass is 220 g/mol. The van der Waals surface area contributed by atoms with Crippen LogP contribution in [-0.2, 0) is 0 Å². The van der Waals surface area contributed by atoms with E-state index in [1.807, 2.05) is 0 Å². The van der Waals surface area contributed by atoms with Crippen LogP contribution in [0.2, 0.25) is 0 Å². The van der Waals surface area contributed by atoms with Crippen LogP contribution in [0.15, 0.2) is 18.2 Å². The van der Waals surface area contributed by atoms with Crippen molar-refractivity contribution in [3.05, 3.63) is 23.8 Å². The Balaban J connectivity index is 2.18. The molecular weight excluding hydrogens is 204 g/mol. The van der Waals surface area contributed by atoms with Crippen molar-refractivity contribution in [3.63, 3.8) is 0 Å². The molecular formula is C12H16N2O2. The number of anilines is 2. The number of nitrogens with one attached hydrogen (secondary N) is 1. The molecule has 1 aliphatic rings. The van der Waals surface area contributed by atoms with Gasteiger partial charge in [-0.05, 0) is 44.4 Å². The van der Waals surface area contributed by atoms with Crippen molar-refractivity contribution in [3.8, 4) is 0 Å². The number of nitrogen functional groups attached to an aromatic ring is 1. The van der Waals surface area contributed by atoms with Gasteiger partial charge in [-0.2, -0.15) is 0 Å². The summed E-state index contributed by atoms with van der Waals surface area (Å²) in [5.74, 6) is -0.987. The third-order valence-electron chi connectivity index (χ3n) is 3.19. The molecule has 1 aliphatic carbocycles. The molecule has 0 aliphatic heterocycles. The molecule has 4 nitrogen and oxygen atoms in total. The van der Waals surface area contributed by atoms with Crippen LogP contribution < -0.4 is 11.1 Å². The summed E-state index contributed by atoms with van der Waals surface area (Å²) >= 11 is 0. The molecule has 0 bridgehead atoms. The maximum absolute atomic E-state index is 10.8. The first-order chi connectivity index (χ1) is 7.50. The fourth-order valence-corrected chi connectivity index (χ4v) is 2.02. The molecule has 86 valence electrons. The van der Waals surface area contributed by atoms with Gasteiger partial charge >= 0.3 is 5.97 Å². The molecule has 2 rings (SSSR count). The number of carboxylic acid groups (broad SMARTS) is 1. The molecule has 1 fully saturated rings. The van der Waals surface area contributed by atoms with Gasteiger partial charge < -0.3 is 16.2 Å². The van der Waals surface area contributed by atoms with Crippen LogP contribution in [0, 0.1) is 0 Å². The Bertz CT molecular complexity index is 425. The number of benzene rings is 1. The molecule has 4 N–H and O–H groups in total. The Labute approximate surface area is 94.5 Å². The SMILES string of the molecule is CC1(Nc2ccc(C(=O)O)c(N)c2)CCC1. The Kier molecular flexibility index (Phi) is 2.50. The zero-order valence-electron chi connectivity index (χ0n) is 9.29. The number of hydrogen-bond acceptors (Lipinski definition) is 3. The van der Waals surface area contributed by atoms with Crippen LogP contribution in [0.25, 0.3) is 0 Å². The molecule has 1 saturated carbocycles. The van der Waals surface area contributed by atoms with Crippen molar-refractivity contribution in [2.45, 2.75) is 31.7 Å². The molecule has 0 radical (unpaired) electrons. The molecule has 1 aromatic carbocycles. The maximum atomic E-state index is 10.8. The highest BCUT2D eigenvalue weighted by molar-refractivity contribution is 5.94. The third-order valence-corrected chi connectivity index (χ3v) is 3.19. The summed E-state index contributed by atoms with van der Waals surface area (Å²) in [6.07, 6.45) is 3.54. The third kappa shape index (κ3) is 1.96. The van der Waals surface area contributed by atoms with Gasteiger partial charge in [0.1, 0.15) is 0 Å². The van der Waals surface area contributed by atoms with Crippen LogP contribution in [0.1, 0.15) is 36.5 Å². The van der Waals surface area contributed by atoms with E-state index in [4.69, 9.17) is 10.8 Å². The molecule has 4 heteroatoms. The number of rotatable bonds is 3. The summed E-state index contributed by atoms with van der Waals surface area (Å²) < 4.78 is 0. The predicted molar refractivity (Wildman–Crippen MR) is 63.7 cm³/mol. The van der Waals surface area contributed by atoms with Crippen LogP contribution >= 0.6 is 0 Å². The van der Waals surface area contributed by atoms with Gasteiger partial charge in [0.2, 0.25) is 0 Å². The van der Waals surface area contributed by atoms with Crippen LogP contribution in [0.4, 0.5) is 11.4 Å². The van der Waals surface area contributed by atoms with Crippen LogP contribution in [0.5, 0.6) is 0 Å². The lowest BCUT2D eigenvalue weighted by atomic mass is 9.78. The van der Waals surface area contributed by atoms with Gasteiger partial charge in [0.15, 0.2) is 0 Å². The first kappa shape index (κ1) is 10.8. The number of hydrogen-bond donors (Lipinski definition) is 3. The first-order valence-corrected chi connectivity index (χ1v) is 5.41. The highest BCUT2D eigenvalue weighted by Crippen LogP contribution is 2.35. The largest absolute Gasteiger partial charge is 0.478 e. The van der Waals surface area contributed by atoms with Crippen LogP contribution in [-0.4, -0.2) is 16.6 Å². The normalized spacial score (nSPS) is 17.6. The van der Waals surface area contributed by atoms with Gasteiger partial charge in [-0.1, -0.05) is 0 Å². The number of nitrogens with two attached hydrogens (primary N) is 1. The Morgan fingerprint density at radius 3 is 2.62 bits per heavy atom. The van der Waals surface area contributed by atoms with Gasteiger partial charge in [0.25, 0.3) is 0 Å². The molecule has 0 unspecified atom stereocenters. The Morgan fingerprint density at radius 1 is 1.50 bits per heavy atom. The second-order valence-corrected chi connectivity index (χ2v) is 4.65. The van der Waals surface area contributed by atoms with E-state index in [-0.39, 0.29) is 11.1 Å². The zero-order valence-corrected chi connectivity index (χ0v) is 9.29. The minimum absolute atomic E-state index is 0.150. The summed E-state index contributed by atoms with van der Waals surface area (Å²) in [4.78, 5) is 10.8. The maximum Gasteiger partial charge on any atom is 0.337 e. The summed E-state index contributed by atoms with van der Waals surface area (Å²) in [5.41, 5.74) is 7.19. The van der Waals surface area contributed by atoms with E-state index >= 15 is 0 Å². The highest BCUT2D eigenvalue weighted by Gasteiger charge is 2.31. The molecule has 0 amide bonds. The summed E-state index contributed by atoms with van der Waals surface area (Å²) in [6.45, 7) is 2.16. The van der Waals surface area contributed by atoms with E-state index in [0.29, 0.717) is 5.69 Å². The van der Waals surface area contributed by atoms with E-state index in [9.17, 15) is 4.79 Å². The number of carboxylic acids is 1. The average molecular weight is 220 g/mol. The molecule has 0 aromatic heterocycles. The van der Waals surface area contributed by atoms with Crippen LogP contribution in [0.3, 0.4) is 0 Å². The van der Waals surface area contributed by atoms with E-state index < -0.39 is 5.97 Å². The number of carbonyl (C=O) groups is 1. The molecule has 0 atom stereocenters. The first-order valence-electron chi connectivity index (χ1n) is 5.41. The molecule has 1 aromatic rings. The fourth-order valence-electron chi connectivity index (χ4n) is 2.02. The average Bonchev–Trinajstić information content (AvgIpc) is 2.14. The second kappa shape index (κ2) is 3.70. The van der Waals surface area contributed by atoms with E-state index in [1.54, 1.807) is 18.2 Å².